The van der Waals surface area contributed by atoms with Gasteiger partial charge < -0.3 is 25.4 Å². The van der Waals surface area contributed by atoms with Crippen LogP contribution in [0.5, 0.6) is 11.5 Å². The van der Waals surface area contributed by atoms with E-state index in [9.17, 15) is 13.6 Å². The molecule has 30 heavy (non-hydrogen) atoms. The van der Waals surface area contributed by atoms with E-state index in [1.54, 1.807) is 32.3 Å². The second-order valence-electron chi connectivity index (χ2n) is 6.23. The molecule has 9 heteroatoms. The molecule has 0 aromatic heterocycles. The monoisotopic (exact) mass is 420 g/mol. The number of hydrogen-bond acceptors (Lipinski definition) is 4. The highest BCUT2D eigenvalue weighted by Crippen LogP contribution is 2.25. The second-order valence-corrected chi connectivity index (χ2v) is 6.23. The van der Waals surface area contributed by atoms with E-state index in [4.69, 9.17) is 4.74 Å². The molecule has 3 N–H and O–H groups in total. The van der Waals surface area contributed by atoms with Crippen LogP contribution in [-0.4, -0.2) is 46.2 Å². The van der Waals surface area contributed by atoms with Gasteiger partial charge in [-0.2, -0.15) is 8.78 Å². The van der Waals surface area contributed by atoms with Crippen molar-refractivity contribution in [3.8, 4) is 11.5 Å². The van der Waals surface area contributed by atoms with E-state index in [0.29, 0.717) is 35.8 Å². The molecule has 2 rings (SSSR count). The van der Waals surface area contributed by atoms with Crippen LogP contribution in [0.25, 0.3) is 0 Å². The van der Waals surface area contributed by atoms with Gasteiger partial charge in [0.1, 0.15) is 11.5 Å². The van der Waals surface area contributed by atoms with Crippen molar-refractivity contribution in [3.63, 3.8) is 0 Å². The van der Waals surface area contributed by atoms with Crippen molar-refractivity contribution in [2.75, 3.05) is 27.7 Å². The fourth-order valence-corrected chi connectivity index (χ4v) is 2.77. The molecule has 0 bridgehead atoms. The predicted molar refractivity (Wildman–Crippen MR) is 111 cm³/mol. The van der Waals surface area contributed by atoms with Gasteiger partial charge in [0.05, 0.1) is 7.11 Å². The van der Waals surface area contributed by atoms with Gasteiger partial charge in [-0.15, -0.1) is 0 Å². The molecule has 0 fully saturated rings. The number of amides is 1. The van der Waals surface area contributed by atoms with Crippen LogP contribution < -0.4 is 25.4 Å². The van der Waals surface area contributed by atoms with Gasteiger partial charge in [-0.1, -0.05) is 12.1 Å². The molecular formula is C21H26F2N4O3. The molecular weight excluding hydrogens is 394 g/mol. The van der Waals surface area contributed by atoms with Crippen molar-refractivity contribution >= 4 is 11.9 Å². The van der Waals surface area contributed by atoms with Crippen LogP contribution in [-0.2, 0) is 13.0 Å². The maximum atomic E-state index is 12.6. The van der Waals surface area contributed by atoms with Crippen molar-refractivity contribution in [1.82, 2.24) is 16.0 Å². The molecule has 0 saturated heterocycles. The summed E-state index contributed by atoms with van der Waals surface area (Å²) in [4.78, 5) is 15.9. The lowest BCUT2D eigenvalue weighted by Gasteiger charge is -2.15. The summed E-state index contributed by atoms with van der Waals surface area (Å²) in [6.45, 7) is -2.14. The average Bonchev–Trinajstić information content (AvgIpc) is 2.76. The van der Waals surface area contributed by atoms with E-state index in [-0.39, 0.29) is 18.2 Å². The van der Waals surface area contributed by atoms with Crippen molar-refractivity contribution in [2.45, 2.75) is 19.6 Å². The molecule has 1 amide bonds. The first-order chi connectivity index (χ1) is 14.5. The van der Waals surface area contributed by atoms with Crippen molar-refractivity contribution in [1.29, 1.82) is 0 Å². The van der Waals surface area contributed by atoms with Gasteiger partial charge in [0.15, 0.2) is 5.96 Å². The lowest BCUT2D eigenvalue weighted by molar-refractivity contribution is -0.0505. The first-order valence-corrected chi connectivity index (χ1v) is 9.34. The Hall–Kier alpha value is -3.36. The Bertz CT molecular complexity index is 875. The average molecular weight is 420 g/mol. The number of rotatable bonds is 9. The van der Waals surface area contributed by atoms with Gasteiger partial charge in [-0.25, -0.2) is 0 Å². The number of alkyl halides is 2. The summed E-state index contributed by atoms with van der Waals surface area (Å²) < 4.78 is 35.0. The van der Waals surface area contributed by atoms with E-state index in [1.165, 1.54) is 13.2 Å². The molecule has 0 aliphatic rings. The number of nitrogens with one attached hydrogen (secondary N) is 3. The third-order valence-corrected chi connectivity index (χ3v) is 4.28. The summed E-state index contributed by atoms with van der Waals surface area (Å²) in [5, 5.41) is 8.83. The second kappa shape index (κ2) is 11.6. The first kappa shape index (κ1) is 22.9. The van der Waals surface area contributed by atoms with Crippen LogP contribution in [0.3, 0.4) is 0 Å². The Balaban J connectivity index is 1.93. The minimum Gasteiger partial charge on any atom is -0.497 e. The topological polar surface area (TPSA) is 84.0 Å². The Morgan fingerprint density at radius 2 is 1.97 bits per heavy atom. The number of halogens is 2. The number of aliphatic imine (C=N–C) groups is 1. The summed E-state index contributed by atoms with van der Waals surface area (Å²) in [6.07, 6.45) is 0.671. The molecule has 0 atom stereocenters. The number of guanidine groups is 1. The zero-order valence-corrected chi connectivity index (χ0v) is 17.2. The van der Waals surface area contributed by atoms with E-state index < -0.39 is 6.61 Å². The number of carbonyl (C=O) groups is 1. The first-order valence-electron chi connectivity index (χ1n) is 9.34. The van der Waals surface area contributed by atoms with Gasteiger partial charge in [0.25, 0.3) is 5.91 Å². The number of hydrogen-bond donors (Lipinski definition) is 3. The largest absolute Gasteiger partial charge is 0.497 e. The lowest BCUT2D eigenvalue weighted by atomic mass is 10.1. The summed E-state index contributed by atoms with van der Waals surface area (Å²) in [5.74, 6) is 0.970. The number of ether oxygens (including phenoxy) is 2. The zero-order valence-electron chi connectivity index (χ0n) is 17.2. The third-order valence-electron chi connectivity index (χ3n) is 4.28. The number of carbonyl (C=O) groups excluding carboxylic acids is 1. The number of methoxy groups -OCH3 is 1. The Labute approximate surface area is 174 Å². The fraction of sp³-hybridized carbons (Fsp3) is 0.333. The van der Waals surface area contributed by atoms with Crippen LogP contribution in [0.15, 0.2) is 47.5 Å². The van der Waals surface area contributed by atoms with Crippen LogP contribution >= 0.6 is 0 Å². The molecule has 2 aromatic rings. The molecule has 0 unspecified atom stereocenters. The summed E-state index contributed by atoms with van der Waals surface area (Å²) in [6, 6.07) is 12.0. The summed E-state index contributed by atoms with van der Waals surface area (Å²) in [7, 11) is 4.70. The minimum absolute atomic E-state index is 0.0692. The van der Waals surface area contributed by atoms with Crippen molar-refractivity contribution in [3.05, 3.63) is 59.2 Å². The molecule has 0 aliphatic heterocycles. The van der Waals surface area contributed by atoms with Crippen LogP contribution in [0.2, 0.25) is 0 Å². The maximum absolute atomic E-state index is 12.6. The van der Waals surface area contributed by atoms with E-state index in [0.717, 1.165) is 5.56 Å². The van der Waals surface area contributed by atoms with Gasteiger partial charge in [0.2, 0.25) is 0 Å². The molecule has 0 spiro atoms. The quantitative estimate of drug-likeness (QED) is 0.429. The highest BCUT2D eigenvalue weighted by atomic mass is 19.3. The highest BCUT2D eigenvalue weighted by Gasteiger charge is 2.12. The van der Waals surface area contributed by atoms with Crippen LogP contribution in [0.1, 0.15) is 21.5 Å². The zero-order chi connectivity index (χ0) is 21.9. The fourth-order valence-electron chi connectivity index (χ4n) is 2.77. The molecule has 2 aromatic carbocycles. The van der Waals surface area contributed by atoms with Gasteiger partial charge in [0, 0.05) is 38.3 Å². The van der Waals surface area contributed by atoms with Crippen molar-refractivity contribution < 1.29 is 23.0 Å². The Morgan fingerprint density at radius 3 is 2.63 bits per heavy atom. The van der Waals surface area contributed by atoms with E-state index in [1.807, 2.05) is 18.2 Å². The molecule has 0 saturated carbocycles. The van der Waals surface area contributed by atoms with Gasteiger partial charge in [-0.3, -0.25) is 9.79 Å². The van der Waals surface area contributed by atoms with E-state index in [2.05, 4.69) is 25.7 Å². The van der Waals surface area contributed by atoms with Gasteiger partial charge >= 0.3 is 6.61 Å². The normalized spacial score (nSPS) is 11.2. The molecule has 0 heterocycles. The highest BCUT2D eigenvalue weighted by molar-refractivity contribution is 5.94. The van der Waals surface area contributed by atoms with Gasteiger partial charge in [-0.05, 0) is 42.3 Å². The number of benzene rings is 2. The minimum atomic E-state index is -2.92. The maximum Gasteiger partial charge on any atom is 0.387 e. The number of nitrogens with zero attached hydrogens (tertiary/aromatic N) is 1. The third kappa shape index (κ3) is 6.91. The molecule has 0 radical (unpaired) electrons. The summed E-state index contributed by atoms with van der Waals surface area (Å²) in [5.41, 5.74) is 2.11. The van der Waals surface area contributed by atoms with Crippen LogP contribution in [0.4, 0.5) is 8.78 Å². The van der Waals surface area contributed by atoms with E-state index >= 15 is 0 Å². The van der Waals surface area contributed by atoms with Crippen LogP contribution in [0, 0.1) is 0 Å². The van der Waals surface area contributed by atoms with Crippen molar-refractivity contribution in [2.24, 2.45) is 4.99 Å². The Kier molecular flexibility index (Phi) is 8.86. The lowest BCUT2D eigenvalue weighted by Crippen LogP contribution is -2.38. The molecule has 0 aliphatic carbocycles. The SMILES string of the molecule is CN=C(NCCc1cccc(C(=O)NC)c1)NCc1cc(OC)ccc1OC(F)F. The predicted octanol–water partition coefficient (Wildman–Crippen LogP) is 2.56. The summed E-state index contributed by atoms with van der Waals surface area (Å²) >= 11 is 0. The Morgan fingerprint density at radius 1 is 1.17 bits per heavy atom. The standard InChI is InChI=1S/C21H26F2N4O3/c1-24-19(28)15-6-4-5-14(11-15)9-10-26-21(25-2)27-13-16-12-17(29-3)7-8-18(16)30-20(22)23/h4-8,11-12,20H,9-10,13H2,1-3H3,(H,24,28)(H2,25,26,27). The molecule has 162 valence electrons. The smallest absolute Gasteiger partial charge is 0.387 e. The molecule has 7 nitrogen and oxygen atoms in total.